The van der Waals surface area contributed by atoms with Gasteiger partial charge in [-0.1, -0.05) is 58.0 Å². The van der Waals surface area contributed by atoms with Gasteiger partial charge in [0.05, 0.1) is 25.7 Å². The molecule has 0 saturated heterocycles. The van der Waals surface area contributed by atoms with Crippen LogP contribution in [0.15, 0.2) is 30.3 Å². The minimum Gasteiger partial charge on any atom is -0.469 e. The van der Waals surface area contributed by atoms with Gasteiger partial charge in [0.25, 0.3) is 0 Å². The Kier molecular flexibility index (Phi) is 13.4. The maximum atomic E-state index is 12.5. The highest BCUT2D eigenvalue weighted by molar-refractivity contribution is 5.81. The van der Waals surface area contributed by atoms with Crippen LogP contribution < -0.4 is 10.6 Å². The number of methoxy groups -OCH3 is 1. The largest absolute Gasteiger partial charge is 0.469 e. The minimum absolute atomic E-state index is 0.00736. The molecule has 1 rings (SSSR count). The van der Waals surface area contributed by atoms with Gasteiger partial charge >= 0.3 is 5.97 Å². The lowest BCUT2D eigenvalue weighted by Gasteiger charge is -2.29. The fourth-order valence-electron chi connectivity index (χ4n) is 3.64. The number of hydrogen-bond acceptors (Lipinski definition) is 5. The number of esters is 1. The van der Waals surface area contributed by atoms with Crippen molar-refractivity contribution in [2.75, 3.05) is 7.11 Å². The maximum absolute atomic E-state index is 12.5. The molecule has 0 heterocycles. The second-order valence-corrected chi connectivity index (χ2v) is 9.58. The van der Waals surface area contributed by atoms with E-state index in [1.165, 1.54) is 7.11 Å². The van der Waals surface area contributed by atoms with Crippen molar-refractivity contribution in [2.45, 2.75) is 90.8 Å². The lowest BCUT2D eigenvalue weighted by molar-refractivity contribution is -0.142. The molecule has 0 aliphatic rings. The number of aliphatic hydroxyl groups is 1. The van der Waals surface area contributed by atoms with Crippen molar-refractivity contribution in [3.63, 3.8) is 0 Å². The zero-order valence-corrected chi connectivity index (χ0v) is 20.8. The molecule has 2 unspecified atom stereocenters. The molecule has 186 valence electrons. The summed E-state index contributed by atoms with van der Waals surface area (Å²) in [6.45, 7) is 8.25. The molecule has 7 heteroatoms. The van der Waals surface area contributed by atoms with Crippen LogP contribution in [0.25, 0.3) is 0 Å². The summed E-state index contributed by atoms with van der Waals surface area (Å²) >= 11 is 0. The Hall–Kier alpha value is -2.41. The van der Waals surface area contributed by atoms with E-state index in [0.29, 0.717) is 25.2 Å². The summed E-state index contributed by atoms with van der Waals surface area (Å²) in [5.41, 5.74) is 0.984. The summed E-state index contributed by atoms with van der Waals surface area (Å²) in [5, 5.41) is 17.1. The highest BCUT2D eigenvalue weighted by Gasteiger charge is 2.26. The van der Waals surface area contributed by atoms with E-state index in [9.17, 15) is 19.5 Å². The fourth-order valence-corrected chi connectivity index (χ4v) is 3.64. The summed E-state index contributed by atoms with van der Waals surface area (Å²) in [7, 11) is 1.28. The molecule has 0 aliphatic heterocycles. The summed E-state index contributed by atoms with van der Waals surface area (Å²) in [4.78, 5) is 36.3. The number of ether oxygens (including phenoxy) is 1. The van der Waals surface area contributed by atoms with E-state index in [0.717, 1.165) is 18.4 Å². The lowest BCUT2D eigenvalue weighted by Crippen LogP contribution is -2.48. The monoisotopic (exact) mass is 462 g/mol. The van der Waals surface area contributed by atoms with Gasteiger partial charge in [-0.25, -0.2) is 0 Å². The van der Waals surface area contributed by atoms with E-state index in [2.05, 4.69) is 29.2 Å². The third-order valence-corrected chi connectivity index (χ3v) is 5.47. The van der Waals surface area contributed by atoms with Crippen LogP contribution in [-0.2, 0) is 25.5 Å². The first-order valence-electron chi connectivity index (χ1n) is 12.0. The summed E-state index contributed by atoms with van der Waals surface area (Å²) in [6.07, 6.45) is 2.02. The van der Waals surface area contributed by atoms with Crippen LogP contribution >= 0.6 is 0 Å². The van der Waals surface area contributed by atoms with E-state index in [4.69, 9.17) is 0 Å². The third-order valence-electron chi connectivity index (χ3n) is 5.47. The molecule has 2 amide bonds. The Balaban J connectivity index is 2.90. The highest BCUT2D eigenvalue weighted by Crippen LogP contribution is 2.16. The van der Waals surface area contributed by atoms with Crippen molar-refractivity contribution < 1.29 is 24.2 Å². The number of rotatable bonds is 15. The highest BCUT2D eigenvalue weighted by atomic mass is 16.5. The molecular formula is C26H42N2O5. The van der Waals surface area contributed by atoms with Crippen LogP contribution in [0.5, 0.6) is 0 Å². The zero-order chi connectivity index (χ0) is 24.8. The maximum Gasteiger partial charge on any atom is 0.306 e. The Morgan fingerprint density at radius 1 is 0.909 bits per heavy atom. The Morgan fingerprint density at radius 3 is 2.15 bits per heavy atom. The van der Waals surface area contributed by atoms with Crippen LogP contribution in [0.4, 0.5) is 0 Å². The van der Waals surface area contributed by atoms with Gasteiger partial charge in [-0.3, -0.25) is 14.4 Å². The topological polar surface area (TPSA) is 105 Å². The molecule has 0 fully saturated rings. The molecule has 0 aromatic heterocycles. The molecule has 0 bridgehead atoms. The first kappa shape index (κ1) is 28.6. The lowest BCUT2D eigenvalue weighted by atomic mass is 9.93. The second kappa shape index (κ2) is 15.4. The molecule has 0 aliphatic carbocycles. The van der Waals surface area contributed by atoms with Gasteiger partial charge in [-0.2, -0.15) is 0 Å². The first-order valence-corrected chi connectivity index (χ1v) is 12.0. The number of nitrogens with one attached hydrogen (secondary N) is 2. The second-order valence-electron chi connectivity index (χ2n) is 9.58. The van der Waals surface area contributed by atoms with E-state index >= 15 is 0 Å². The van der Waals surface area contributed by atoms with Crippen LogP contribution in [0, 0.1) is 11.8 Å². The van der Waals surface area contributed by atoms with Gasteiger partial charge in [0, 0.05) is 18.9 Å². The zero-order valence-electron chi connectivity index (χ0n) is 20.8. The molecule has 0 radical (unpaired) electrons. The van der Waals surface area contributed by atoms with Gasteiger partial charge in [0.2, 0.25) is 11.8 Å². The summed E-state index contributed by atoms with van der Waals surface area (Å²) in [6, 6.07) is 8.91. The molecule has 0 saturated carbocycles. The van der Waals surface area contributed by atoms with Crippen molar-refractivity contribution in [3.8, 4) is 0 Å². The fraction of sp³-hybridized carbons (Fsp3) is 0.654. The smallest absolute Gasteiger partial charge is 0.306 e. The van der Waals surface area contributed by atoms with Crippen LogP contribution in [0.3, 0.4) is 0 Å². The molecule has 3 N–H and O–H groups in total. The molecular weight excluding hydrogens is 420 g/mol. The van der Waals surface area contributed by atoms with Crippen LogP contribution in [0.1, 0.15) is 71.8 Å². The van der Waals surface area contributed by atoms with Crippen LogP contribution in [-0.4, -0.2) is 48.2 Å². The predicted molar refractivity (Wildman–Crippen MR) is 129 cm³/mol. The molecule has 0 spiro atoms. The number of benzene rings is 1. The average Bonchev–Trinajstić information content (AvgIpc) is 2.75. The Bertz CT molecular complexity index is 721. The van der Waals surface area contributed by atoms with Crippen molar-refractivity contribution in [2.24, 2.45) is 11.8 Å². The molecule has 7 nitrogen and oxygen atoms in total. The number of carbonyl (C=O) groups excluding carboxylic acids is 3. The first-order chi connectivity index (χ1) is 15.6. The van der Waals surface area contributed by atoms with E-state index in [1.54, 1.807) is 0 Å². The standard InChI is InChI=1S/C26H42N2O5/c1-18(2)11-12-21(27-25(31)15-19(3)4)17-23(29)22(16-20-9-7-6-8-10-20)28-24(30)13-14-26(32)33-5/h6-10,18-19,21-23,29H,11-17H2,1-5H3,(H,27,31)(H,28,30)/t21?,22?,23-/m0/s1. The van der Waals surface area contributed by atoms with E-state index in [-0.39, 0.29) is 36.6 Å². The van der Waals surface area contributed by atoms with Gasteiger partial charge in [0.1, 0.15) is 0 Å². The summed E-state index contributed by atoms with van der Waals surface area (Å²) in [5.74, 6) is -0.0621. The summed E-state index contributed by atoms with van der Waals surface area (Å²) < 4.78 is 4.60. The quantitative estimate of drug-likeness (QED) is 0.347. The SMILES string of the molecule is COC(=O)CCC(=O)NC(Cc1ccccc1)[C@@H](O)CC(CCC(C)C)NC(=O)CC(C)C. The Morgan fingerprint density at radius 2 is 1.58 bits per heavy atom. The number of aliphatic hydroxyl groups excluding tert-OH is 1. The normalized spacial score (nSPS) is 13.9. The van der Waals surface area contributed by atoms with Crippen molar-refractivity contribution in [1.82, 2.24) is 10.6 Å². The molecule has 1 aromatic carbocycles. The van der Waals surface area contributed by atoms with Gasteiger partial charge in [-0.15, -0.1) is 0 Å². The van der Waals surface area contributed by atoms with Crippen molar-refractivity contribution in [3.05, 3.63) is 35.9 Å². The molecule has 3 atom stereocenters. The van der Waals surface area contributed by atoms with Crippen LogP contribution in [0.2, 0.25) is 0 Å². The van der Waals surface area contributed by atoms with Gasteiger partial charge in [-0.05, 0) is 43.1 Å². The molecule has 33 heavy (non-hydrogen) atoms. The minimum atomic E-state index is -0.858. The number of carbonyl (C=O) groups is 3. The van der Waals surface area contributed by atoms with Crippen molar-refractivity contribution in [1.29, 1.82) is 0 Å². The third kappa shape index (κ3) is 13.0. The predicted octanol–water partition coefficient (Wildman–Crippen LogP) is 3.39. The van der Waals surface area contributed by atoms with E-state index < -0.39 is 18.1 Å². The molecule has 1 aromatic rings. The van der Waals surface area contributed by atoms with Gasteiger partial charge in [0.15, 0.2) is 0 Å². The van der Waals surface area contributed by atoms with Gasteiger partial charge < -0.3 is 20.5 Å². The average molecular weight is 463 g/mol. The number of hydrogen-bond donors (Lipinski definition) is 3. The number of amides is 2. The van der Waals surface area contributed by atoms with E-state index in [1.807, 2.05) is 44.2 Å². The van der Waals surface area contributed by atoms with Crippen molar-refractivity contribution >= 4 is 17.8 Å². The Labute approximate surface area is 198 Å².